The summed E-state index contributed by atoms with van der Waals surface area (Å²) in [4.78, 5) is 0. The van der Waals surface area contributed by atoms with Crippen molar-refractivity contribution >= 4 is 20.2 Å². The van der Waals surface area contributed by atoms with Gasteiger partial charge in [-0.1, -0.05) is 60.7 Å². The molecule has 0 N–H and O–H groups in total. The standard InChI is InChI=1S/C40H32F12Si/c1-19-7-9-29-31(33(19)23-13-25(37(41,42)43)17-26(14-23)38(44,45)46)11-21(3)35(29)53(5,6)36-22(4)12-32-30(36)10-8-20(2)34(32)24-15-27(39(47,48)49)18-28(16-24)40(50,51)52/h7-18,35-36H,1-6H3. The van der Waals surface area contributed by atoms with Crippen molar-refractivity contribution in [3.8, 4) is 22.3 Å². The Bertz CT molecular complexity index is 1990. The minimum absolute atomic E-state index is 0.0911. The maximum Gasteiger partial charge on any atom is 0.416 e. The average Bonchev–Trinajstić information content (AvgIpc) is 3.54. The molecule has 0 bridgehead atoms. The van der Waals surface area contributed by atoms with Gasteiger partial charge in [0.25, 0.3) is 0 Å². The van der Waals surface area contributed by atoms with Crippen LogP contribution in [0.25, 0.3) is 34.4 Å². The molecule has 0 saturated carbocycles. The van der Waals surface area contributed by atoms with Gasteiger partial charge in [0.2, 0.25) is 0 Å². The van der Waals surface area contributed by atoms with Crippen LogP contribution in [0.1, 0.15) is 80.6 Å². The van der Waals surface area contributed by atoms with Crippen molar-refractivity contribution in [2.45, 2.75) is 76.6 Å². The molecular formula is C40H32F12Si. The predicted molar refractivity (Wildman–Crippen MR) is 184 cm³/mol. The number of halogens is 12. The van der Waals surface area contributed by atoms with Crippen LogP contribution in [0.2, 0.25) is 13.1 Å². The summed E-state index contributed by atoms with van der Waals surface area (Å²) in [5.74, 6) is 0. The molecule has 6 rings (SSSR count). The van der Waals surface area contributed by atoms with Gasteiger partial charge in [-0.2, -0.15) is 52.7 Å². The lowest BCUT2D eigenvalue weighted by Crippen LogP contribution is -2.42. The average molecular weight is 769 g/mol. The highest BCUT2D eigenvalue weighted by Crippen LogP contribution is 2.55. The van der Waals surface area contributed by atoms with Crippen molar-refractivity contribution in [3.05, 3.63) is 127 Å². The van der Waals surface area contributed by atoms with E-state index in [9.17, 15) is 52.7 Å². The summed E-state index contributed by atoms with van der Waals surface area (Å²) in [6.45, 7) is 11.1. The summed E-state index contributed by atoms with van der Waals surface area (Å²) in [5.41, 5.74) is -1.17. The monoisotopic (exact) mass is 768 g/mol. The third kappa shape index (κ3) is 6.74. The van der Waals surface area contributed by atoms with Crippen LogP contribution in [0.15, 0.2) is 71.8 Å². The molecular weight excluding hydrogens is 737 g/mol. The lowest BCUT2D eigenvalue weighted by atomic mass is 9.90. The van der Waals surface area contributed by atoms with Crippen LogP contribution in [0, 0.1) is 13.8 Å². The number of rotatable bonds is 4. The number of aryl methyl sites for hydroxylation is 2. The van der Waals surface area contributed by atoms with Crippen LogP contribution >= 0.6 is 0 Å². The molecule has 4 aromatic carbocycles. The first-order valence-electron chi connectivity index (χ1n) is 16.4. The first kappa shape index (κ1) is 38.5. The van der Waals surface area contributed by atoms with Crippen LogP contribution in [-0.4, -0.2) is 8.07 Å². The van der Waals surface area contributed by atoms with Crippen molar-refractivity contribution in [2.24, 2.45) is 0 Å². The largest absolute Gasteiger partial charge is 0.416 e. The minimum Gasteiger partial charge on any atom is -0.166 e. The van der Waals surface area contributed by atoms with Gasteiger partial charge in [0.1, 0.15) is 0 Å². The molecule has 0 nitrogen and oxygen atoms in total. The molecule has 0 amide bonds. The number of alkyl halides is 12. The lowest BCUT2D eigenvalue weighted by molar-refractivity contribution is -0.144. The third-order valence-electron chi connectivity index (χ3n) is 10.5. The van der Waals surface area contributed by atoms with Gasteiger partial charge >= 0.3 is 24.7 Å². The number of fused-ring (bicyclic) bond motifs is 2. The van der Waals surface area contributed by atoms with E-state index in [1.165, 1.54) is 0 Å². The van der Waals surface area contributed by atoms with E-state index in [1.54, 1.807) is 38.1 Å². The molecule has 0 aromatic heterocycles. The summed E-state index contributed by atoms with van der Waals surface area (Å²) >= 11 is 0. The van der Waals surface area contributed by atoms with Gasteiger partial charge in [0, 0.05) is 11.1 Å². The molecule has 53 heavy (non-hydrogen) atoms. The van der Waals surface area contributed by atoms with Gasteiger partial charge in [-0.25, -0.2) is 0 Å². The van der Waals surface area contributed by atoms with E-state index in [0.29, 0.717) is 22.3 Å². The van der Waals surface area contributed by atoms with E-state index >= 15 is 0 Å². The lowest BCUT2D eigenvalue weighted by Gasteiger charge is -2.39. The van der Waals surface area contributed by atoms with Gasteiger partial charge in [-0.05, 0) is 120 Å². The van der Waals surface area contributed by atoms with Crippen LogP contribution in [0.3, 0.4) is 0 Å². The fourth-order valence-corrected chi connectivity index (χ4v) is 13.5. The third-order valence-corrected chi connectivity index (χ3v) is 15.0. The quantitative estimate of drug-likeness (QED) is 0.143. The summed E-state index contributed by atoms with van der Waals surface area (Å²) in [6.07, 6.45) is -16.6. The molecule has 0 spiro atoms. The Labute approximate surface area is 298 Å². The summed E-state index contributed by atoms with van der Waals surface area (Å²) in [7, 11) is -2.77. The van der Waals surface area contributed by atoms with E-state index in [-0.39, 0.29) is 45.5 Å². The Balaban J connectivity index is 1.50. The Hall–Kier alpha value is -4.26. The van der Waals surface area contributed by atoms with E-state index in [0.717, 1.165) is 46.5 Å². The van der Waals surface area contributed by atoms with Crippen LogP contribution in [0.4, 0.5) is 52.7 Å². The Morgan fingerprint density at radius 3 is 0.981 bits per heavy atom. The van der Waals surface area contributed by atoms with E-state index < -0.39 is 55.0 Å². The zero-order chi connectivity index (χ0) is 39.4. The van der Waals surface area contributed by atoms with Gasteiger partial charge in [-0.3, -0.25) is 0 Å². The van der Waals surface area contributed by atoms with Crippen molar-refractivity contribution < 1.29 is 52.7 Å². The van der Waals surface area contributed by atoms with Crippen molar-refractivity contribution in [2.75, 3.05) is 0 Å². The SMILES string of the molecule is CC1=Cc2c(ccc(C)c2-c2cc(C(F)(F)F)cc(C(F)(F)F)c2)C1[Si](C)(C)C1C(C)=Cc2c1ccc(C)c2-c1cc(C(F)(F)F)cc(C(F)(F)F)c1. The van der Waals surface area contributed by atoms with Gasteiger partial charge < -0.3 is 0 Å². The molecule has 0 aliphatic heterocycles. The second kappa shape index (κ2) is 12.4. The summed E-state index contributed by atoms with van der Waals surface area (Å²) in [6, 6.07) is 10.1. The second-order valence-electron chi connectivity index (χ2n) is 14.6. The molecule has 2 aliphatic carbocycles. The maximum absolute atomic E-state index is 13.9. The molecule has 4 aromatic rings. The number of benzene rings is 4. The predicted octanol–water partition coefficient (Wildman–Crippen LogP) is 14.2. The molecule has 0 fully saturated rings. The zero-order valence-corrected chi connectivity index (χ0v) is 30.1. The normalized spacial score (nSPS) is 17.8. The highest BCUT2D eigenvalue weighted by molar-refractivity contribution is 6.81. The van der Waals surface area contributed by atoms with Crippen LogP contribution in [0.5, 0.6) is 0 Å². The first-order valence-corrected chi connectivity index (χ1v) is 19.6. The molecule has 2 aliphatic rings. The Morgan fingerprint density at radius 2 is 0.717 bits per heavy atom. The van der Waals surface area contributed by atoms with Gasteiger partial charge in [0.15, 0.2) is 0 Å². The Kier molecular flexibility index (Phi) is 8.99. The molecule has 0 saturated heterocycles. The number of hydrogen-bond acceptors (Lipinski definition) is 0. The van der Waals surface area contributed by atoms with Crippen molar-refractivity contribution in [1.29, 1.82) is 0 Å². The highest BCUT2D eigenvalue weighted by Gasteiger charge is 2.48. The van der Waals surface area contributed by atoms with Crippen LogP contribution < -0.4 is 0 Å². The smallest absolute Gasteiger partial charge is 0.166 e. The molecule has 2 unspecified atom stereocenters. The fraction of sp³-hybridized carbons (Fsp3) is 0.300. The van der Waals surface area contributed by atoms with Gasteiger partial charge in [0.05, 0.1) is 30.3 Å². The second-order valence-corrected chi connectivity index (χ2v) is 19.4. The number of hydrogen-bond donors (Lipinski definition) is 0. The van der Waals surface area contributed by atoms with E-state index in [2.05, 4.69) is 13.1 Å². The summed E-state index contributed by atoms with van der Waals surface area (Å²) < 4.78 is 166. The van der Waals surface area contributed by atoms with Crippen molar-refractivity contribution in [1.82, 2.24) is 0 Å². The number of allylic oxidation sites excluding steroid dienone is 2. The molecule has 0 radical (unpaired) electrons. The van der Waals surface area contributed by atoms with E-state index in [1.807, 2.05) is 26.0 Å². The van der Waals surface area contributed by atoms with Gasteiger partial charge in [-0.15, -0.1) is 0 Å². The zero-order valence-electron chi connectivity index (χ0n) is 29.1. The van der Waals surface area contributed by atoms with E-state index in [4.69, 9.17) is 0 Å². The fourth-order valence-electron chi connectivity index (χ4n) is 8.52. The maximum atomic E-state index is 13.9. The first-order chi connectivity index (χ1) is 24.2. The highest BCUT2D eigenvalue weighted by atomic mass is 28.3. The summed E-state index contributed by atoms with van der Waals surface area (Å²) in [5, 5.41) is 0. The molecule has 280 valence electrons. The van der Waals surface area contributed by atoms with Crippen LogP contribution in [-0.2, 0) is 24.7 Å². The molecule has 13 heteroatoms. The topological polar surface area (TPSA) is 0 Å². The molecule has 0 heterocycles. The molecule has 2 atom stereocenters. The Morgan fingerprint density at radius 1 is 0.434 bits per heavy atom. The van der Waals surface area contributed by atoms with Crippen molar-refractivity contribution in [3.63, 3.8) is 0 Å². The minimum atomic E-state index is -5.04.